The third-order valence-electron chi connectivity index (χ3n) is 2.98. The van der Waals surface area contributed by atoms with Crippen LogP contribution in [0.15, 0.2) is 28.7 Å². The van der Waals surface area contributed by atoms with E-state index in [4.69, 9.17) is 5.73 Å². The van der Waals surface area contributed by atoms with Gasteiger partial charge in [-0.15, -0.1) is 0 Å². The average molecular weight is 295 g/mol. The highest BCUT2D eigenvalue weighted by molar-refractivity contribution is 9.10. The van der Waals surface area contributed by atoms with E-state index in [-0.39, 0.29) is 5.54 Å². The summed E-state index contributed by atoms with van der Waals surface area (Å²) < 4.78 is 3.43. The summed E-state index contributed by atoms with van der Waals surface area (Å²) in [6, 6.07) is 8.97. The van der Waals surface area contributed by atoms with Crippen LogP contribution in [0.2, 0.25) is 0 Å². The number of hydrogen-bond donors (Lipinski definition) is 1. The van der Waals surface area contributed by atoms with Crippen molar-refractivity contribution in [1.29, 1.82) is 0 Å². The average Bonchev–Trinajstić information content (AvgIpc) is 2.55. The summed E-state index contributed by atoms with van der Waals surface area (Å²) in [6.07, 6.45) is 0. The van der Waals surface area contributed by atoms with Gasteiger partial charge < -0.3 is 10.3 Å². The summed E-state index contributed by atoms with van der Waals surface area (Å²) in [7, 11) is 0. The van der Waals surface area contributed by atoms with Crippen molar-refractivity contribution in [2.45, 2.75) is 39.3 Å². The molecular formula is C14H19BrN2. The third-order valence-corrected chi connectivity index (χ3v) is 3.47. The van der Waals surface area contributed by atoms with E-state index < -0.39 is 0 Å². The molecule has 17 heavy (non-hydrogen) atoms. The highest BCUT2D eigenvalue weighted by Gasteiger charge is 2.22. The first-order valence-corrected chi connectivity index (χ1v) is 6.70. The molecular weight excluding hydrogens is 276 g/mol. The fraction of sp³-hybridized carbons (Fsp3) is 0.429. The summed E-state index contributed by atoms with van der Waals surface area (Å²) >= 11 is 3.51. The second kappa shape index (κ2) is 4.14. The predicted molar refractivity (Wildman–Crippen MR) is 77.2 cm³/mol. The van der Waals surface area contributed by atoms with Crippen LogP contribution in [0.5, 0.6) is 0 Å². The second-order valence-corrected chi connectivity index (χ2v) is 6.33. The molecule has 0 saturated carbocycles. The quantitative estimate of drug-likeness (QED) is 0.885. The van der Waals surface area contributed by atoms with Gasteiger partial charge in [-0.25, -0.2) is 0 Å². The van der Waals surface area contributed by atoms with E-state index in [0.29, 0.717) is 6.04 Å². The maximum Gasteiger partial charge on any atom is 0.0506 e. The smallest absolute Gasteiger partial charge is 0.0506 e. The standard InChI is InChI=1S/C14H19BrN2/c1-9(2)17-12-6-5-11(15)7-10(12)8-13(17)14(3,4)16/h5-9H,16H2,1-4H3. The van der Waals surface area contributed by atoms with Gasteiger partial charge in [0.1, 0.15) is 0 Å². The van der Waals surface area contributed by atoms with Crippen LogP contribution in [0.3, 0.4) is 0 Å². The molecule has 0 aliphatic heterocycles. The molecule has 0 amide bonds. The molecule has 2 rings (SSSR count). The Kier molecular flexibility index (Phi) is 3.08. The van der Waals surface area contributed by atoms with Gasteiger partial charge in [-0.05, 0) is 52.0 Å². The van der Waals surface area contributed by atoms with Crippen LogP contribution in [0.4, 0.5) is 0 Å². The highest BCUT2D eigenvalue weighted by atomic mass is 79.9. The Morgan fingerprint density at radius 2 is 1.88 bits per heavy atom. The SMILES string of the molecule is CC(C)n1c(C(C)(C)N)cc2cc(Br)ccc21. The summed E-state index contributed by atoms with van der Waals surface area (Å²) in [5.41, 5.74) is 8.37. The van der Waals surface area contributed by atoms with E-state index in [9.17, 15) is 0 Å². The molecule has 2 nitrogen and oxygen atoms in total. The normalized spacial score (nSPS) is 12.6. The molecule has 2 N–H and O–H groups in total. The first-order chi connectivity index (χ1) is 7.80. The van der Waals surface area contributed by atoms with E-state index in [1.807, 2.05) is 0 Å². The molecule has 1 aromatic carbocycles. The van der Waals surface area contributed by atoms with Gasteiger partial charge in [0.15, 0.2) is 0 Å². The lowest BCUT2D eigenvalue weighted by molar-refractivity contribution is 0.474. The van der Waals surface area contributed by atoms with Crippen molar-refractivity contribution in [2.75, 3.05) is 0 Å². The van der Waals surface area contributed by atoms with Gasteiger partial charge >= 0.3 is 0 Å². The molecule has 0 spiro atoms. The zero-order valence-electron chi connectivity index (χ0n) is 10.8. The Balaban J connectivity index is 2.80. The van der Waals surface area contributed by atoms with Crippen molar-refractivity contribution in [3.63, 3.8) is 0 Å². The summed E-state index contributed by atoms with van der Waals surface area (Å²) in [6.45, 7) is 8.48. The minimum Gasteiger partial charge on any atom is -0.340 e. The van der Waals surface area contributed by atoms with Crippen LogP contribution in [-0.4, -0.2) is 4.57 Å². The van der Waals surface area contributed by atoms with Gasteiger partial charge in [0.25, 0.3) is 0 Å². The molecule has 0 aliphatic rings. The molecule has 92 valence electrons. The number of nitrogens with zero attached hydrogens (tertiary/aromatic N) is 1. The Morgan fingerprint density at radius 1 is 1.24 bits per heavy atom. The van der Waals surface area contributed by atoms with Crippen molar-refractivity contribution < 1.29 is 0 Å². The Hall–Kier alpha value is -0.800. The molecule has 1 aromatic heterocycles. The van der Waals surface area contributed by atoms with Crippen LogP contribution in [0, 0.1) is 0 Å². The Morgan fingerprint density at radius 3 is 2.41 bits per heavy atom. The van der Waals surface area contributed by atoms with Crippen LogP contribution in [0.25, 0.3) is 10.9 Å². The minimum atomic E-state index is -0.324. The van der Waals surface area contributed by atoms with E-state index >= 15 is 0 Å². The van der Waals surface area contributed by atoms with Crippen LogP contribution >= 0.6 is 15.9 Å². The number of aromatic nitrogens is 1. The van der Waals surface area contributed by atoms with Crippen molar-refractivity contribution in [3.8, 4) is 0 Å². The molecule has 1 heterocycles. The van der Waals surface area contributed by atoms with E-state index in [0.717, 1.165) is 4.47 Å². The number of halogens is 1. The molecule has 0 aliphatic carbocycles. The Labute approximate surface area is 111 Å². The fourth-order valence-corrected chi connectivity index (χ4v) is 2.64. The van der Waals surface area contributed by atoms with Crippen molar-refractivity contribution >= 4 is 26.8 Å². The first kappa shape index (κ1) is 12.7. The largest absolute Gasteiger partial charge is 0.340 e. The maximum atomic E-state index is 6.26. The van der Waals surface area contributed by atoms with Crippen molar-refractivity contribution in [1.82, 2.24) is 4.57 Å². The van der Waals surface area contributed by atoms with Gasteiger partial charge in [0, 0.05) is 27.1 Å². The summed E-state index contributed by atoms with van der Waals surface area (Å²) in [5, 5.41) is 1.24. The lowest BCUT2D eigenvalue weighted by Crippen LogP contribution is -2.32. The number of hydrogen-bond acceptors (Lipinski definition) is 1. The second-order valence-electron chi connectivity index (χ2n) is 5.42. The lowest BCUT2D eigenvalue weighted by atomic mass is 10.0. The van der Waals surface area contributed by atoms with Gasteiger partial charge in [0.05, 0.1) is 5.54 Å². The lowest BCUT2D eigenvalue weighted by Gasteiger charge is -2.24. The van der Waals surface area contributed by atoms with Gasteiger partial charge in [0.2, 0.25) is 0 Å². The third kappa shape index (κ3) is 2.26. The molecule has 0 saturated heterocycles. The highest BCUT2D eigenvalue weighted by Crippen LogP contribution is 2.31. The monoisotopic (exact) mass is 294 g/mol. The number of nitrogens with two attached hydrogens (primary N) is 1. The Bertz CT molecular complexity index is 547. The number of fused-ring (bicyclic) bond motifs is 1. The van der Waals surface area contributed by atoms with Crippen molar-refractivity contribution in [2.24, 2.45) is 5.73 Å². The predicted octanol–water partition coefficient (Wildman–Crippen LogP) is 4.18. The van der Waals surface area contributed by atoms with E-state index in [1.165, 1.54) is 16.6 Å². The molecule has 0 radical (unpaired) electrons. The van der Waals surface area contributed by atoms with Crippen molar-refractivity contribution in [3.05, 3.63) is 34.4 Å². The molecule has 0 fully saturated rings. The first-order valence-electron chi connectivity index (χ1n) is 5.90. The van der Waals surface area contributed by atoms with Crippen LogP contribution in [0.1, 0.15) is 39.4 Å². The fourth-order valence-electron chi connectivity index (χ4n) is 2.26. The summed E-state index contributed by atoms with van der Waals surface area (Å²) in [4.78, 5) is 0. The van der Waals surface area contributed by atoms with Gasteiger partial charge in [-0.2, -0.15) is 0 Å². The van der Waals surface area contributed by atoms with E-state index in [2.05, 4.69) is 72.5 Å². The van der Waals surface area contributed by atoms with Crippen LogP contribution in [-0.2, 0) is 5.54 Å². The van der Waals surface area contributed by atoms with Gasteiger partial charge in [-0.1, -0.05) is 15.9 Å². The number of benzene rings is 1. The molecule has 0 atom stereocenters. The van der Waals surface area contributed by atoms with Gasteiger partial charge in [-0.3, -0.25) is 0 Å². The van der Waals surface area contributed by atoms with Crippen LogP contribution < -0.4 is 5.73 Å². The number of rotatable bonds is 2. The molecule has 3 heteroatoms. The summed E-state index contributed by atoms with van der Waals surface area (Å²) in [5.74, 6) is 0. The maximum absolute atomic E-state index is 6.26. The van der Waals surface area contributed by atoms with E-state index in [1.54, 1.807) is 0 Å². The zero-order valence-corrected chi connectivity index (χ0v) is 12.4. The molecule has 0 bridgehead atoms. The minimum absolute atomic E-state index is 0.324. The molecule has 2 aromatic rings. The molecule has 0 unspecified atom stereocenters. The zero-order chi connectivity index (χ0) is 12.8. The topological polar surface area (TPSA) is 30.9 Å².